The van der Waals surface area contributed by atoms with Crippen molar-refractivity contribution in [1.82, 2.24) is 10.2 Å². The highest BCUT2D eigenvalue weighted by Gasteiger charge is 1.84. The van der Waals surface area contributed by atoms with Gasteiger partial charge in [0.25, 0.3) is 0 Å². The Morgan fingerprint density at radius 1 is 1.64 bits per heavy atom. The molecule has 0 atom stereocenters. The van der Waals surface area contributed by atoms with Crippen LogP contribution in [0.1, 0.15) is 5.69 Å². The normalized spacial score (nSPS) is 10.2. The molecule has 0 aliphatic heterocycles. The van der Waals surface area contributed by atoms with Crippen molar-refractivity contribution in [2.75, 3.05) is 0 Å². The van der Waals surface area contributed by atoms with Crippen molar-refractivity contribution in [3.05, 3.63) is 42.4 Å². The van der Waals surface area contributed by atoms with E-state index in [1.54, 1.807) is 24.4 Å². The second-order valence-corrected chi connectivity index (χ2v) is 1.97. The molecule has 0 saturated heterocycles. The third-order valence-corrected chi connectivity index (χ3v) is 1.04. The number of aliphatic hydroxyl groups excluding tert-OH is 1. The lowest BCUT2D eigenvalue weighted by atomic mass is 10.3. The molecule has 0 amide bonds. The van der Waals surface area contributed by atoms with E-state index in [-0.39, 0.29) is 5.76 Å². The molecule has 0 aliphatic rings. The summed E-state index contributed by atoms with van der Waals surface area (Å²) < 4.78 is 0. The van der Waals surface area contributed by atoms with E-state index in [9.17, 15) is 0 Å². The molecule has 1 N–H and O–H groups in total. The van der Waals surface area contributed by atoms with Crippen LogP contribution >= 0.6 is 0 Å². The first-order valence-corrected chi connectivity index (χ1v) is 3.12. The molecule has 1 aromatic heterocycles. The van der Waals surface area contributed by atoms with E-state index in [2.05, 4.69) is 16.8 Å². The largest absolute Gasteiger partial charge is 0.509 e. The number of aromatic nitrogens is 2. The summed E-state index contributed by atoms with van der Waals surface area (Å²) in [7, 11) is 0. The SMILES string of the molecule is C=C(O)/C=C/c1cccnn1. The zero-order valence-corrected chi connectivity index (χ0v) is 5.94. The fraction of sp³-hybridized carbons (Fsp3) is 0. The Kier molecular flexibility index (Phi) is 2.38. The van der Waals surface area contributed by atoms with Crippen LogP contribution < -0.4 is 0 Å². The van der Waals surface area contributed by atoms with E-state index in [0.29, 0.717) is 5.69 Å². The lowest BCUT2D eigenvalue weighted by Crippen LogP contribution is -1.82. The fourth-order valence-electron chi connectivity index (χ4n) is 0.584. The van der Waals surface area contributed by atoms with Crippen molar-refractivity contribution >= 4 is 6.08 Å². The van der Waals surface area contributed by atoms with Crippen LogP contribution in [0, 0.1) is 0 Å². The first kappa shape index (κ1) is 7.47. The zero-order chi connectivity index (χ0) is 8.10. The molecule has 0 saturated carbocycles. The van der Waals surface area contributed by atoms with Crippen LogP contribution in [-0.4, -0.2) is 15.3 Å². The van der Waals surface area contributed by atoms with Crippen LogP contribution in [-0.2, 0) is 0 Å². The smallest absolute Gasteiger partial charge is 0.108 e. The van der Waals surface area contributed by atoms with Gasteiger partial charge >= 0.3 is 0 Å². The lowest BCUT2D eigenvalue weighted by Gasteiger charge is -1.87. The van der Waals surface area contributed by atoms with Gasteiger partial charge in [0.2, 0.25) is 0 Å². The number of aliphatic hydroxyl groups is 1. The Hall–Kier alpha value is -1.64. The fourth-order valence-corrected chi connectivity index (χ4v) is 0.584. The molecule has 0 radical (unpaired) electrons. The van der Waals surface area contributed by atoms with Crippen molar-refractivity contribution in [2.45, 2.75) is 0 Å². The molecule has 11 heavy (non-hydrogen) atoms. The van der Waals surface area contributed by atoms with Crippen molar-refractivity contribution in [3.8, 4) is 0 Å². The Labute approximate surface area is 64.7 Å². The van der Waals surface area contributed by atoms with Gasteiger partial charge in [0.05, 0.1) is 5.69 Å². The summed E-state index contributed by atoms with van der Waals surface area (Å²) in [6.07, 6.45) is 4.68. The topological polar surface area (TPSA) is 46.0 Å². The summed E-state index contributed by atoms with van der Waals surface area (Å²) in [6.45, 7) is 3.29. The van der Waals surface area contributed by atoms with Crippen LogP contribution in [0.2, 0.25) is 0 Å². The third-order valence-electron chi connectivity index (χ3n) is 1.04. The average molecular weight is 148 g/mol. The van der Waals surface area contributed by atoms with Gasteiger partial charge < -0.3 is 5.11 Å². The summed E-state index contributed by atoms with van der Waals surface area (Å²) in [5.74, 6) is 0.00986. The van der Waals surface area contributed by atoms with E-state index in [0.717, 1.165) is 0 Å². The molecule has 0 unspecified atom stereocenters. The van der Waals surface area contributed by atoms with E-state index in [1.807, 2.05) is 0 Å². The molecule has 0 bridgehead atoms. The molecule has 3 nitrogen and oxygen atoms in total. The van der Waals surface area contributed by atoms with Gasteiger partial charge in [0.1, 0.15) is 5.76 Å². The molecule has 1 rings (SSSR count). The first-order valence-electron chi connectivity index (χ1n) is 3.12. The summed E-state index contributed by atoms with van der Waals surface area (Å²) in [6, 6.07) is 3.55. The van der Waals surface area contributed by atoms with Crippen molar-refractivity contribution in [2.24, 2.45) is 0 Å². The van der Waals surface area contributed by atoms with Crippen LogP contribution in [0.3, 0.4) is 0 Å². The van der Waals surface area contributed by atoms with Crippen molar-refractivity contribution in [3.63, 3.8) is 0 Å². The van der Waals surface area contributed by atoms with Crippen LogP contribution in [0.25, 0.3) is 6.08 Å². The van der Waals surface area contributed by atoms with Gasteiger partial charge in [-0.3, -0.25) is 0 Å². The van der Waals surface area contributed by atoms with Gasteiger partial charge in [0.15, 0.2) is 0 Å². The number of hydrogen-bond donors (Lipinski definition) is 1. The van der Waals surface area contributed by atoms with Crippen LogP contribution in [0.4, 0.5) is 0 Å². The summed E-state index contributed by atoms with van der Waals surface area (Å²) >= 11 is 0. The van der Waals surface area contributed by atoms with Crippen LogP contribution in [0.5, 0.6) is 0 Å². The Balaban J connectivity index is 2.72. The molecule has 0 spiro atoms. The standard InChI is InChI=1S/C8H8N2O/c1-7(11)4-5-8-3-2-6-9-10-8/h2-6,11H,1H2/b5-4+. The predicted molar refractivity (Wildman–Crippen MR) is 42.8 cm³/mol. The van der Waals surface area contributed by atoms with Crippen molar-refractivity contribution < 1.29 is 5.11 Å². The van der Waals surface area contributed by atoms with E-state index in [1.165, 1.54) is 6.08 Å². The highest BCUT2D eigenvalue weighted by atomic mass is 16.3. The van der Waals surface area contributed by atoms with Crippen LogP contribution in [0.15, 0.2) is 36.7 Å². The van der Waals surface area contributed by atoms with Gasteiger partial charge in [-0.05, 0) is 24.3 Å². The quantitative estimate of drug-likeness (QED) is 0.511. The number of nitrogens with zero attached hydrogens (tertiary/aromatic N) is 2. The Morgan fingerprint density at radius 3 is 3.00 bits per heavy atom. The molecule has 3 heteroatoms. The van der Waals surface area contributed by atoms with Gasteiger partial charge in [-0.1, -0.05) is 6.58 Å². The minimum absolute atomic E-state index is 0.00986. The molecule has 0 fully saturated rings. The van der Waals surface area contributed by atoms with Gasteiger partial charge in [-0.15, -0.1) is 0 Å². The van der Waals surface area contributed by atoms with Gasteiger partial charge in [-0.2, -0.15) is 10.2 Å². The highest BCUT2D eigenvalue weighted by molar-refractivity contribution is 5.46. The average Bonchev–Trinajstić information content (AvgIpc) is 2.03. The van der Waals surface area contributed by atoms with E-state index < -0.39 is 0 Å². The summed E-state index contributed by atoms with van der Waals surface area (Å²) in [4.78, 5) is 0. The molecule has 56 valence electrons. The second kappa shape index (κ2) is 3.51. The Morgan fingerprint density at radius 2 is 2.45 bits per heavy atom. The van der Waals surface area contributed by atoms with E-state index >= 15 is 0 Å². The monoisotopic (exact) mass is 148 g/mol. The minimum Gasteiger partial charge on any atom is -0.509 e. The number of allylic oxidation sites excluding steroid dienone is 1. The number of rotatable bonds is 2. The summed E-state index contributed by atoms with van der Waals surface area (Å²) in [5, 5.41) is 16.1. The molecule has 1 heterocycles. The maximum Gasteiger partial charge on any atom is 0.108 e. The predicted octanol–water partition coefficient (Wildman–Crippen LogP) is 1.56. The minimum atomic E-state index is 0.00986. The first-order chi connectivity index (χ1) is 5.29. The zero-order valence-electron chi connectivity index (χ0n) is 5.94. The third kappa shape index (κ3) is 2.62. The molecular formula is C8H8N2O. The highest BCUT2D eigenvalue weighted by Crippen LogP contribution is 1.96. The van der Waals surface area contributed by atoms with Crippen molar-refractivity contribution in [1.29, 1.82) is 0 Å². The second-order valence-electron chi connectivity index (χ2n) is 1.97. The molecule has 0 aliphatic carbocycles. The maximum absolute atomic E-state index is 8.68. The molecule has 1 aromatic rings. The number of hydrogen-bond acceptors (Lipinski definition) is 3. The maximum atomic E-state index is 8.68. The molecule has 0 aromatic carbocycles. The Bertz CT molecular complexity index is 267. The molecular weight excluding hydrogens is 140 g/mol. The summed E-state index contributed by atoms with van der Waals surface area (Å²) in [5.41, 5.74) is 0.697. The lowest BCUT2D eigenvalue weighted by molar-refractivity contribution is 0.436. The van der Waals surface area contributed by atoms with Gasteiger partial charge in [0, 0.05) is 6.20 Å². The van der Waals surface area contributed by atoms with Gasteiger partial charge in [-0.25, -0.2) is 0 Å². The van der Waals surface area contributed by atoms with E-state index in [4.69, 9.17) is 5.11 Å².